The lowest BCUT2D eigenvalue weighted by Gasteiger charge is -2.29. The highest BCUT2D eigenvalue weighted by atomic mass is 32.1. The van der Waals surface area contributed by atoms with Gasteiger partial charge in [0, 0.05) is 10.5 Å². The van der Waals surface area contributed by atoms with Gasteiger partial charge in [0.2, 0.25) is 5.91 Å². The number of nitrogens with zero attached hydrogens (tertiary/aromatic N) is 1. The summed E-state index contributed by atoms with van der Waals surface area (Å²) in [5.41, 5.74) is 1.90. The molecule has 0 saturated carbocycles. The Morgan fingerprint density at radius 3 is 2.55 bits per heavy atom. The molecule has 0 radical (unpaired) electrons. The second-order valence-corrected chi connectivity index (χ2v) is 5.02. The zero-order chi connectivity index (χ0) is 14.1. The van der Waals surface area contributed by atoms with Crippen LogP contribution in [0.25, 0.3) is 0 Å². The molecule has 100 valence electrons. The van der Waals surface area contributed by atoms with Crippen molar-refractivity contribution in [2.45, 2.75) is 4.90 Å². The first-order valence-electron chi connectivity index (χ1n) is 6.15. The zero-order valence-corrected chi connectivity index (χ0v) is 11.4. The molecule has 1 aliphatic heterocycles. The van der Waals surface area contributed by atoms with E-state index >= 15 is 0 Å². The number of hydrogen-bond acceptors (Lipinski definition) is 3. The molecule has 0 atom stereocenters. The highest BCUT2D eigenvalue weighted by molar-refractivity contribution is 7.80. The second-order valence-electron chi connectivity index (χ2n) is 4.50. The largest absolute Gasteiger partial charge is 0.323 e. The maximum atomic E-state index is 12.5. The quantitative estimate of drug-likeness (QED) is 0.791. The number of para-hydroxylation sites is 2. The molecule has 0 saturated heterocycles. The van der Waals surface area contributed by atoms with Crippen LogP contribution in [0.5, 0.6) is 0 Å². The van der Waals surface area contributed by atoms with Crippen LogP contribution in [-0.4, -0.2) is 18.4 Å². The molecule has 0 unspecified atom stereocenters. The van der Waals surface area contributed by atoms with Crippen molar-refractivity contribution in [3.05, 3.63) is 54.1 Å². The molecule has 2 aromatic rings. The van der Waals surface area contributed by atoms with E-state index in [-0.39, 0.29) is 18.4 Å². The van der Waals surface area contributed by atoms with Gasteiger partial charge in [-0.05, 0) is 36.4 Å². The summed E-state index contributed by atoms with van der Waals surface area (Å²) in [4.78, 5) is 26.5. The fraction of sp³-hybridized carbons (Fsp3) is 0.0667. The monoisotopic (exact) mass is 284 g/mol. The SMILES string of the molecule is O=C1CN(C(=O)c2ccc(S)cc2)c2ccccc2N1. The fourth-order valence-corrected chi connectivity index (χ4v) is 2.32. The number of amides is 2. The van der Waals surface area contributed by atoms with Crippen LogP contribution < -0.4 is 10.2 Å². The van der Waals surface area contributed by atoms with Crippen molar-refractivity contribution in [2.75, 3.05) is 16.8 Å². The lowest BCUT2D eigenvalue weighted by Crippen LogP contribution is -2.42. The van der Waals surface area contributed by atoms with Crippen molar-refractivity contribution in [1.82, 2.24) is 0 Å². The first-order chi connectivity index (χ1) is 9.65. The molecule has 20 heavy (non-hydrogen) atoms. The molecule has 2 aromatic carbocycles. The minimum Gasteiger partial charge on any atom is -0.323 e. The molecule has 0 fully saturated rings. The van der Waals surface area contributed by atoms with Crippen LogP contribution in [-0.2, 0) is 4.79 Å². The van der Waals surface area contributed by atoms with E-state index in [0.29, 0.717) is 16.9 Å². The van der Waals surface area contributed by atoms with Gasteiger partial charge in [-0.2, -0.15) is 0 Å². The average molecular weight is 284 g/mol. The number of carbonyl (C=O) groups is 2. The van der Waals surface area contributed by atoms with Gasteiger partial charge in [0.05, 0.1) is 11.4 Å². The molecule has 3 rings (SSSR count). The van der Waals surface area contributed by atoms with Crippen molar-refractivity contribution in [1.29, 1.82) is 0 Å². The molecule has 1 heterocycles. The number of benzene rings is 2. The normalized spacial score (nSPS) is 13.7. The van der Waals surface area contributed by atoms with Gasteiger partial charge < -0.3 is 5.32 Å². The average Bonchev–Trinajstić information content (AvgIpc) is 2.46. The van der Waals surface area contributed by atoms with Crippen LogP contribution in [0.4, 0.5) is 11.4 Å². The van der Waals surface area contributed by atoms with Crippen LogP contribution in [0, 0.1) is 0 Å². The minimum atomic E-state index is -0.194. The highest BCUT2D eigenvalue weighted by Crippen LogP contribution is 2.30. The van der Waals surface area contributed by atoms with Gasteiger partial charge in [0.1, 0.15) is 6.54 Å². The number of carbonyl (C=O) groups excluding carboxylic acids is 2. The molecule has 5 heteroatoms. The van der Waals surface area contributed by atoms with Gasteiger partial charge in [-0.3, -0.25) is 14.5 Å². The highest BCUT2D eigenvalue weighted by Gasteiger charge is 2.27. The maximum Gasteiger partial charge on any atom is 0.258 e. The predicted molar refractivity (Wildman–Crippen MR) is 80.4 cm³/mol. The molecule has 0 aromatic heterocycles. The second kappa shape index (κ2) is 5.02. The number of rotatable bonds is 1. The summed E-state index contributed by atoms with van der Waals surface area (Å²) in [5.74, 6) is -0.386. The van der Waals surface area contributed by atoms with E-state index in [1.165, 1.54) is 4.90 Å². The van der Waals surface area contributed by atoms with Crippen molar-refractivity contribution in [3.63, 3.8) is 0 Å². The Labute approximate surface area is 121 Å². The van der Waals surface area contributed by atoms with Crippen LogP contribution in [0.1, 0.15) is 10.4 Å². The van der Waals surface area contributed by atoms with Gasteiger partial charge in [0.15, 0.2) is 0 Å². The third-order valence-electron chi connectivity index (χ3n) is 3.13. The maximum absolute atomic E-state index is 12.5. The first-order valence-corrected chi connectivity index (χ1v) is 6.59. The molecular weight excluding hydrogens is 272 g/mol. The number of hydrogen-bond donors (Lipinski definition) is 2. The summed E-state index contributed by atoms with van der Waals surface area (Å²) in [6, 6.07) is 14.2. The first kappa shape index (κ1) is 12.7. The standard InChI is InChI=1S/C15H12N2O2S/c18-14-9-17(13-4-2-1-3-12(13)16-14)15(19)10-5-7-11(20)8-6-10/h1-8,20H,9H2,(H,16,18). The lowest BCUT2D eigenvalue weighted by atomic mass is 10.1. The summed E-state index contributed by atoms with van der Waals surface area (Å²) in [7, 11) is 0. The zero-order valence-electron chi connectivity index (χ0n) is 10.5. The van der Waals surface area contributed by atoms with E-state index < -0.39 is 0 Å². The molecule has 0 aliphatic carbocycles. The molecule has 1 aliphatic rings. The van der Waals surface area contributed by atoms with Gasteiger partial charge >= 0.3 is 0 Å². The van der Waals surface area contributed by atoms with Crippen molar-refractivity contribution >= 4 is 35.8 Å². The van der Waals surface area contributed by atoms with Gasteiger partial charge in [-0.25, -0.2) is 0 Å². The summed E-state index contributed by atoms with van der Waals surface area (Å²) >= 11 is 4.20. The summed E-state index contributed by atoms with van der Waals surface area (Å²) in [6.45, 7) is 0.0263. The van der Waals surface area contributed by atoms with E-state index in [9.17, 15) is 9.59 Å². The molecular formula is C15H12N2O2S. The summed E-state index contributed by atoms with van der Waals surface area (Å²) in [6.07, 6.45) is 0. The smallest absolute Gasteiger partial charge is 0.258 e. The van der Waals surface area contributed by atoms with Crippen LogP contribution in [0.15, 0.2) is 53.4 Å². The van der Waals surface area contributed by atoms with E-state index in [2.05, 4.69) is 17.9 Å². The van der Waals surface area contributed by atoms with E-state index in [1.807, 2.05) is 18.2 Å². The number of anilines is 2. The predicted octanol–water partition coefficient (Wildman–Crippen LogP) is 2.57. The van der Waals surface area contributed by atoms with E-state index in [4.69, 9.17) is 0 Å². The molecule has 4 nitrogen and oxygen atoms in total. The van der Waals surface area contributed by atoms with Crippen molar-refractivity contribution < 1.29 is 9.59 Å². The number of nitrogens with one attached hydrogen (secondary N) is 1. The molecule has 0 spiro atoms. The Kier molecular flexibility index (Phi) is 3.20. The summed E-state index contributed by atoms with van der Waals surface area (Å²) < 4.78 is 0. The third-order valence-corrected chi connectivity index (χ3v) is 3.43. The Morgan fingerprint density at radius 1 is 1.10 bits per heavy atom. The topological polar surface area (TPSA) is 49.4 Å². The van der Waals surface area contributed by atoms with E-state index in [1.54, 1.807) is 30.3 Å². The van der Waals surface area contributed by atoms with Crippen LogP contribution in [0.2, 0.25) is 0 Å². The van der Waals surface area contributed by atoms with Crippen molar-refractivity contribution in [3.8, 4) is 0 Å². The Morgan fingerprint density at radius 2 is 1.80 bits per heavy atom. The summed E-state index contributed by atoms with van der Waals surface area (Å²) in [5, 5.41) is 2.76. The fourth-order valence-electron chi connectivity index (χ4n) is 2.17. The van der Waals surface area contributed by atoms with Gasteiger partial charge in [0.25, 0.3) is 5.91 Å². The Bertz CT molecular complexity index is 683. The molecule has 2 amide bonds. The lowest BCUT2D eigenvalue weighted by molar-refractivity contribution is -0.115. The van der Waals surface area contributed by atoms with Crippen molar-refractivity contribution in [2.24, 2.45) is 0 Å². The van der Waals surface area contributed by atoms with E-state index in [0.717, 1.165) is 4.90 Å². The molecule has 0 bridgehead atoms. The molecule has 1 N–H and O–H groups in total. The number of thiol groups is 1. The third kappa shape index (κ3) is 2.28. The Hall–Kier alpha value is -2.27. The van der Waals surface area contributed by atoms with Crippen LogP contribution >= 0.6 is 12.6 Å². The van der Waals surface area contributed by atoms with Gasteiger partial charge in [-0.1, -0.05) is 12.1 Å². The Balaban J connectivity index is 1.99. The van der Waals surface area contributed by atoms with Gasteiger partial charge in [-0.15, -0.1) is 12.6 Å². The van der Waals surface area contributed by atoms with Crippen LogP contribution in [0.3, 0.4) is 0 Å². The number of fused-ring (bicyclic) bond motifs is 1. The minimum absolute atomic E-state index is 0.0263.